The summed E-state index contributed by atoms with van der Waals surface area (Å²) in [6.45, 7) is 0. The Balaban J connectivity index is 0.000000963. The van der Waals surface area contributed by atoms with Crippen LogP contribution in [0.4, 0.5) is 0 Å². The zero-order chi connectivity index (χ0) is 10.3. The van der Waals surface area contributed by atoms with Gasteiger partial charge in [0.15, 0.2) is 0 Å². The minimum atomic E-state index is 0. The molecule has 0 spiro atoms. The van der Waals surface area contributed by atoms with Gasteiger partial charge in [0, 0.05) is 0 Å². The van der Waals surface area contributed by atoms with Gasteiger partial charge in [-0.05, 0) is 0 Å². The summed E-state index contributed by atoms with van der Waals surface area (Å²) >= 11 is 0. The average Bonchev–Trinajstić information content (AvgIpc) is 2.67. The fourth-order valence-electron chi connectivity index (χ4n) is 2.13. The van der Waals surface area contributed by atoms with Crippen molar-refractivity contribution < 1.29 is 55.8 Å². The Bertz CT molecular complexity index is 634. The maximum atomic E-state index is 5.36. The number of fused-ring (bicyclic) bond motifs is 3. The van der Waals surface area contributed by atoms with E-state index >= 15 is 0 Å². The van der Waals surface area contributed by atoms with Gasteiger partial charge in [0.1, 0.15) is 0 Å². The molecule has 0 bridgehead atoms. The predicted molar refractivity (Wildman–Crippen MR) is 63.6 cm³/mol. The van der Waals surface area contributed by atoms with E-state index in [4.69, 9.17) is 4.74 Å². The largest absolute Gasteiger partial charge is 3.00 e. The third kappa shape index (κ3) is 2.77. The van der Waals surface area contributed by atoms with Crippen LogP contribution in [0.2, 0.25) is 0 Å². The molecule has 0 fully saturated rings. The van der Waals surface area contributed by atoms with Gasteiger partial charge in [-0.1, -0.05) is 41.8 Å². The van der Waals surface area contributed by atoms with Crippen LogP contribution < -0.4 is 29.6 Å². The van der Waals surface area contributed by atoms with E-state index in [9.17, 15) is 0 Å². The summed E-state index contributed by atoms with van der Waals surface area (Å²) in [6.07, 6.45) is 0. The number of hydrogen-bond donors (Lipinski definition) is 0. The first-order chi connectivity index (χ1) is 7.40. The van der Waals surface area contributed by atoms with Gasteiger partial charge in [0.2, 0.25) is 0 Å². The average molecular weight is 357 g/mol. The Morgan fingerprint density at radius 1 is 0.889 bits per heavy atom. The zero-order valence-electron chi connectivity index (χ0n) is 9.78. The van der Waals surface area contributed by atoms with E-state index in [1.807, 2.05) is 12.1 Å². The molecule has 0 aliphatic rings. The molecule has 18 heavy (non-hydrogen) atoms. The zero-order valence-corrected chi connectivity index (χ0v) is 13.8. The van der Waals surface area contributed by atoms with Crippen molar-refractivity contribution in [3.63, 3.8) is 0 Å². The van der Waals surface area contributed by atoms with E-state index in [2.05, 4.69) is 36.4 Å². The summed E-state index contributed by atoms with van der Waals surface area (Å²) in [5, 5.41) is 5.04. The van der Waals surface area contributed by atoms with Crippen molar-refractivity contribution >= 4 is 21.5 Å². The second kappa shape index (κ2) is 7.23. The molecule has 0 N–H and O–H groups in total. The number of halogens is 2. The van der Waals surface area contributed by atoms with Crippen LogP contribution in [0.1, 0.15) is 0 Å². The van der Waals surface area contributed by atoms with Crippen molar-refractivity contribution in [1.82, 2.24) is 0 Å². The molecule has 3 rings (SSSR count). The molecule has 0 unspecified atom stereocenters. The van der Waals surface area contributed by atoms with Gasteiger partial charge in [-0.25, -0.2) is 0 Å². The maximum absolute atomic E-state index is 5.36. The summed E-state index contributed by atoms with van der Waals surface area (Å²) in [6, 6.07) is 16.8. The third-order valence-electron chi connectivity index (χ3n) is 2.84. The van der Waals surface area contributed by atoms with E-state index in [0.29, 0.717) is 0 Å². The molecular formula is C14H11Cl2OZr. The summed E-state index contributed by atoms with van der Waals surface area (Å²) in [7, 11) is 1.71. The van der Waals surface area contributed by atoms with E-state index in [1.165, 1.54) is 21.5 Å². The fraction of sp³-hybridized carbons (Fsp3) is 0.0714. The van der Waals surface area contributed by atoms with E-state index < -0.39 is 0 Å². The fourth-order valence-corrected chi connectivity index (χ4v) is 2.13. The van der Waals surface area contributed by atoms with E-state index in [0.717, 1.165) is 5.75 Å². The number of methoxy groups -OCH3 is 1. The van der Waals surface area contributed by atoms with Crippen molar-refractivity contribution in [2.45, 2.75) is 0 Å². The third-order valence-corrected chi connectivity index (χ3v) is 2.84. The van der Waals surface area contributed by atoms with Gasteiger partial charge in [-0.2, -0.15) is 0 Å². The topological polar surface area (TPSA) is 9.23 Å². The number of benzene rings is 2. The van der Waals surface area contributed by atoms with Crippen LogP contribution in [0.15, 0.2) is 48.5 Å². The predicted octanol–water partition coefficient (Wildman–Crippen LogP) is -2.27. The molecule has 1 nitrogen and oxygen atoms in total. The Labute approximate surface area is 138 Å². The second-order valence-electron chi connectivity index (χ2n) is 3.65. The molecule has 3 aromatic rings. The molecule has 1 radical (unpaired) electrons. The van der Waals surface area contributed by atoms with Crippen LogP contribution in [-0.2, 0) is 26.2 Å². The minimum absolute atomic E-state index is 0. The van der Waals surface area contributed by atoms with Crippen molar-refractivity contribution in [2.75, 3.05) is 7.11 Å². The van der Waals surface area contributed by atoms with Crippen LogP contribution in [0.3, 0.4) is 0 Å². The minimum Gasteiger partial charge on any atom is -1.00 e. The van der Waals surface area contributed by atoms with Crippen molar-refractivity contribution in [1.29, 1.82) is 0 Å². The Morgan fingerprint density at radius 3 is 2.28 bits per heavy atom. The molecule has 0 amide bonds. The van der Waals surface area contributed by atoms with Gasteiger partial charge in [0.05, 0.1) is 12.9 Å². The van der Waals surface area contributed by atoms with E-state index in [-0.39, 0.29) is 51.0 Å². The number of hydrogen-bond acceptors (Lipinski definition) is 1. The molecule has 0 aliphatic heterocycles. The molecule has 4 heteroatoms. The molecule has 0 atom stereocenters. The van der Waals surface area contributed by atoms with Crippen LogP contribution >= 0.6 is 0 Å². The number of ether oxygens (including phenoxy) is 1. The molecule has 0 heterocycles. The van der Waals surface area contributed by atoms with Crippen molar-refractivity contribution in [3.8, 4) is 5.75 Å². The molecule has 0 saturated heterocycles. The van der Waals surface area contributed by atoms with Gasteiger partial charge in [-0.15, -0.1) is 28.3 Å². The Morgan fingerprint density at radius 2 is 1.56 bits per heavy atom. The SMILES string of the molecule is COc1cccc2c1[cH-]c1ccccc12.[Cl-].[Cl-].[Zr+3]. The quantitative estimate of drug-likeness (QED) is 0.446. The molecule has 3 aromatic carbocycles. The molecule has 0 saturated carbocycles. The Hall–Kier alpha value is -0.427. The number of rotatable bonds is 1. The second-order valence-corrected chi connectivity index (χ2v) is 3.65. The first kappa shape index (κ1) is 17.6. The standard InChI is InChI=1S/C14H11O.2ClH.Zr/c1-15-14-8-4-7-12-11-6-3-2-5-10(11)9-13(12)14;;;/h2-9H,1H3;2*1H;/q-1;;;+3/p-2. The smallest absolute Gasteiger partial charge is 1.00 e. The maximum Gasteiger partial charge on any atom is 3.00 e. The normalized spacial score (nSPS) is 9.17. The van der Waals surface area contributed by atoms with Crippen molar-refractivity contribution in [3.05, 3.63) is 48.5 Å². The van der Waals surface area contributed by atoms with Crippen molar-refractivity contribution in [2.24, 2.45) is 0 Å². The van der Waals surface area contributed by atoms with Crippen LogP contribution in [-0.4, -0.2) is 7.11 Å². The van der Waals surface area contributed by atoms with Gasteiger partial charge < -0.3 is 29.6 Å². The summed E-state index contributed by atoms with van der Waals surface area (Å²) in [5.41, 5.74) is 0. The molecule has 91 valence electrons. The van der Waals surface area contributed by atoms with Gasteiger partial charge >= 0.3 is 26.2 Å². The summed E-state index contributed by atoms with van der Waals surface area (Å²) < 4.78 is 5.36. The van der Waals surface area contributed by atoms with Crippen LogP contribution in [0.5, 0.6) is 5.75 Å². The first-order valence-electron chi connectivity index (χ1n) is 5.01. The monoisotopic (exact) mass is 355 g/mol. The summed E-state index contributed by atoms with van der Waals surface area (Å²) in [4.78, 5) is 0. The van der Waals surface area contributed by atoms with Gasteiger partial charge in [-0.3, -0.25) is 0 Å². The molecule has 0 aliphatic carbocycles. The van der Waals surface area contributed by atoms with Gasteiger partial charge in [0.25, 0.3) is 0 Å². The molecular weight excluding hydrogens is 346 g/mol. The Kier molecular flexibility index (Phi) is 7.06. The van der Waals surface area contributed by atoms with Crippen LogP contribution in [0, 0.1) is 0 Å². The van der Waals surface area contributed by atoms with E-state index in [1.54, 1.807) is 7.11 Å². The van der Waals surface area contributed by atoms with Crippen LogP contribution in [0.25, 0.3) is 21.5 Å². The first-order valence-corrected chi connectivity index (χ1v) is 5.01. The molecule has 0 aromatic heterocycles. The summed E-state index contributed by atoms with van der Waals surface area (Å²) in [5.74, 6) is 0.948.